The summed E-state index contributed by atoms with van der Waals surface area (Å²) in [7, 11) is 0. The van der Waals surface area contributed by atoms with Gasteiger partial charge in [-0.05, 0) is 24.6 Å². The van der Waals surface area contributed by atoms with Crippen molar-refractivity contribution in [2.24, 2.45) is 5.73 Å². The van der Waals surface area contributed by atoms with Crippen LogP contribution >= 0.6 is 12.2 Å². The maximum Gasteiger partial charge on any atom is 0.106 e. The quantitative estimate of drug-likeness (QED) is 0.795. The molecule has 0 aliphatic rings. The molecule has 94 valence electrons. The van der Waals surface area contributed by atoms with E-state index in [1.165, 1.54) is 5.56 Å². The number of hydrogen-bond acceptors (Lipinski definition) is 4. The molecular weight excluding hydrogens is 246 g/mol. The average molecular weight is 261 g/mol. The van der Waals surface area contributed by atoms with Gasteiger partial charge < -0.3 is 11.1 Å². The summed E-state index contributed by atoms with van der Waals surface area (Å²) in [6.07, 6.45) is 3.49. The SMILES string of the molecule is Cc1ccc(C(N)=S)c(NCCn2ccnn2)c1. The lowest BCUT2D eigenvalue weighted by Gasteiger charge is -2.12. The van der Waals surface area contributed by atoms with Crippen LogP contribution in [0.2, 0.25) is 0 Å². The Morgan fingerprint density at radius 2 is 2.33 bits per heavy atom. The van der Waals surface area contributed by atoms with Gasteiger partial charge in [0.15, 0.2) is 0 Å². The highest BCUT2D eigenvalue weighted by Crippen LogP contribution is 2.17. The van der Waals surface area contributed by atoms with Crippen LogP contribution in [-0.4, -0.2) is 26.5 Å². The van der Waals surface area contributed by atoms with E-state index in [0.29, 0.717) is 4.99 Å². The predicted octanol–water partition coefficient (Wildman–Crippen LogP) is 1.33. The molecule has 0 saturated carbocycles. The third-order valence-corrected chi connectivity index (χ3v) is 2.79. The summed E-state index contributed by atoms with van der Waals surface area (Å²) >= 11 is 5.03. The van der Waals surface area contributed by atoms with E-state index in [-0.39, 0.29) is 0 Å². The Kier molecular flexibility index (Phi) is 3.88. The average Bonchev–Trinajstić information content (AvgIpc) is 2.82. The topological polar surface area (TPSA) is 68.8 Å². The fourth-order valence-corrected chi connectivity index (χ4v) is 1.85. The molecule has 0 spiro atoms. The Labute approximate surface area is 111 Å². The lowest BCUT2D eigenvalue weighted by atomic mass is 10.1. The Balaban J connectivity index is 2.03. The molecular formula is C12H15N5S. The number of thiocarbonyl (C=S) groups is 1. The van der Waals surface area contributed by atoms with Crippen molar-refractivity contribution in [3.8, 4) is 0 Å². The van der Waals surface area contributed by atoms with E-state index in [0.717, 1.165) is 24.3 Å². The van der Waals surface area contributed by atoms with Crippen LogP contribution in [0.3, 0.4) is 0 Å². The second-order valence-electron chi connectivity index (χ2n) is 4.01. The Bertz CT molecular complexity index is 535. The monoisotopic (exact) mass is 261 g/mol. The first-order chi connectivity index (χ1) is 8.66. The molecule has 2 aromatic rings. The molecule has 5 nitrogen and oxygen atoms in total. The van der Waals surface area contributed by atoms with Crippen LogP contribution in [0.25, 0.3) is 0 Å². The van der Waals surface area contributed by atoms with Crippen molar-refractivity contribution in [2.45, 2.75) is 13.5 Å². The fourth-order valence-electron chi connectivity index (χ4n) is 1.68. The molecule has 0 saturated heterocycles. The van der Waals surface area contributed by atoms with Crippen molar-refractivity contribution in [1.82, 2.24) is 15.0 Å². The summed E-state index contributed by atoms with van der Waals surface area (Å²) in [5, 5.41) is 11.0. The van der Waals surface area contributed by atoms with Gasteiger partial charge in [0.25, 0.3) is 0 Å². The van der Waals surface area contributed by atoms with E-state index in [9.17, 15) is 0 Å². The van der Waals surface area contributed by atoms with Gasteiger partial charge in [0.2, 0.25) is 0 Å². The lowest BCUT2D eigenvalue weighted by Crippen LogP contribution is -2.16. The molecule has 1 aromatic heterocycles. The van der Waals surface area contributed by atoms with Gasteiger partial charge in [-0.3, -0.25) is 4.68 Å². The van der Waals surface area contributed by atoms with Gasteiger partial charge >= 0.3 is 0 Å². The Morgan fingerprint density at radius 1 is 1.50 bits per heavy atom. The highest BCUT2D eigenvalue weighted by molar-refractivity contribution is 7.80. The highest BCUT2D eigenvalue weighted by Gasteiger charge is 2.04. The Morgan fingerprint density at radius 3 is 3.00 bits per heavy atom. The van der Waals surface area contributed by atoms with E-state index in [2.05, 4.69) is 15.6 Å². The van der Waals surface area contributed by atoms with Crippen LogP contribution in [0.5, 0.6) is 0 Å². The maximum absolute atomic E-state index is 5.69. The predicted molar refractivity (Wildman–Crippen MR) is 75.6 cm³/mol. The summed E-state index contributed by atoms with van der Waals surface area (Å²) in [5.41, 5.74) is 8.69. The third-order valence-electron chi connectivity index (χ3n) is 2.57. The van der Waals surface area contributed by atoms with Crippen molar-refractivity contribution in [1.29, 1.82) is 0 Å². The minimum absolute atomic E-state index is 0.401. The third kappa shape index (κ3) is 3.04. The number of hydrogen-bond donors (Lipinski definition) is 2. The first kappa shape index (κ1) is 12.5. The van der Waals surface area contributed by atoms with Crippen LogP contribution in [0.4, 0.5) is 5.69 Å². The molecule has 0 atom stereocenters. The molecule has 0 radical (unpaired) electrons. The van der Waals surface area contributed by atoms with Crippen molar-refractivity contribution >= 4 is 22.9 Å². The highest BCUT2D eigenvalue weighted by atomic mass is 32.1. The fraction of sp³-hybridized carbons (Fsp3) is 0.250. The first-order valence-electron chi connectivity index (χ1n) is 5.65. The van der Waals surface area contributed by atoms with Crippen molar-refractivity contribution in [2.75, 3.05) is 11.9 Å². The smallest absolute Gasteiger partial charge is 0.106 e. The summed E-state index contributed by atoms with van der Waals surface area (Å²) < 4.78 is 1.77. The molecule has 2 rings (SSSR count). The van der Waals surface area contributed by atoms with E-state index in [1.807, 2.05) is 31.3 Å². The number of nitrogens with zero attached hydrogens (tertiary/aromatic N) is 3. The summed E-state index contributed by atoms with van der Waals surface area (Å²) in [5.74, 6) is 0. The molecule has 1 heterocycles. The molecule has 18 heavy (non-hydrogen) atoms. The first-order valence-corrected chi connectivity index (χ1v) is 6.06. The molecule has 0 fully saturated rings. The van der Waals surface area contributed by atoms with Crippen molar-refractivity contribution in [3.63, 3.8) is 0 Å². The number of aryl methyl sites for hydroxylation is 1. The van der Waals surface area contributed by atoms with Gasteiger partial charge in [0.05, 0.1) is 12.7 Å². The summed E-state index contributed by atoms with van der Waals surface area (Å²) in [6, 6.07) is 5.97. The minimum atomic E-state index is 0.401. The van der Waals surface area contributed by atoms with Gasteiger partial charge in [-0.1, -0.05) is 23.5 Å². The number of nitrogens with two attached hydrogens (primary N) is 1. The van der Waals surface area contributed by atoms with Gasteiger partial charge in [-0.15, -0.1) is 5.10 Å². The van der Waals surface area contributed by atoms with E-state index >= 15 is 0 Å². The van der Waals surface area contributed by atoms with Crippen LogP contribution in [0.15, 0.2) is 30.6 Å². The standard InChI is InChI=1S/C12H15N5S/c1-9-2-3-10(12(13)18)11(8-9)14-4-6-17-7-5-15-16-17/h2-3,5,7-8,14H,4,6H2,1H3,(H2,13,18). The molecule has 0 amide bonds. The minimum Gasteiger partial charge on any atom is -0.389 e. The van der Waals surface area contributed by atoms with Crippen LogP contribution in [0.1, 0.15) is 11.1 Å². The Hall–Kier alpha value is -1.95. The molecule has 0 unspecified atom stereocenters. The van der Waals surface area contributed by atoms with Gasteiger partial charge in [0.1, 0.15) is 4.99 Å². The molecule has 1 aromatic carbocycles. The zero-order valence-corrected chi connectivity index (χ0v) is 10.9. The van der Waals surface area contributed by atoms with Crippen LogP contribution in [0, 0.1) is 6.92 Å². The lowest BCUT2D eigenvalue weighted by molar-refractivity contribution is 0.609. The zero-order chi connectivity index (χ0) is 13.0. The van der Waals surface area contributed by atoms with Crippen LogP contribution < -0.4 is 11.1 Å². The zero-order valence-electron chi connectivity index (χ0n) is 10.1. The largest absolute Gasteiger partial charge is 0.389 e. The number of benzene rings is 1. The van der Waals surface area contributed by atoms with Gasteiger partial charge in [-0.2, -0.15) is 0 Å². The molecule has 6 heteroatoms. The normalized spacial score (nSPS) is 10.3. The number of rotatable bonds is 5. The van der Waals surface area contributed by atoms with Gasteiger partial charge in [0, 0.05) is 24.0 Å². The molecule has 0 aliphatic heterocycles. The second-order valence-corrected chi connectivity index (χ2v) is 4.45. The summed E-state index contributed by atoms with van der Waals surface area (Å²) in [6.45, 7) is 3.51. The molecule has 0 aliphatic carbocycles. The number of anilines is 1. The van der Waals surface area contributed by atoms with Crippen molar-refractivity contribution < 1.29 is 0 Å². The maximum atomic E-state index is 5.69. The molecule has 0 bridgehead atoms. The number of aromatic nitrogens is 3. The number of nitrogens with one attached hydrogen (secondary N) is 1. The van der Waals surface area contributed by atoms with Gasteiger partial charge in [-0.25, -0.2) is 0 Å². The van der Waals surface area contributed by atoms with E-state index < -0.39 is 0 Å². The van der Waals surface area contributed by atoms with Crippen LogP contribution in [-0.2, 0) is 6.54 Å². The summed E-state index contributed by atoms with van der Waals surface area (Å²) in [4.78, 5) is 0.401. The van der Waals surface area contributed by atoms with Crippen molar-refractivity contribution in [3.05, 3.63) is 41.7 Å². The van der Waals surface area contributed by atoms with E-state index in [1.54, 1.807) is 10.9 Å². The second kappa shape index (κ2) is 5.59. The molecule has 3 N–H and O–H groups in total. The van der Waals surface area contributed by atoms with E-state index in [4.69, 9.17) is 18.0 Å².